The summed E-state index contributed by atoms with van der Waals surface area (Å²) in [6, 6.07) is 5.19. The molecule has 0 saturated heterocycles. The van der Waals surface area contributed by atoms with Gasteiger partial charge in [0.05, 0.1) is 5.56 Å². The number of benzene rings is 1. The molecule has 0 aliphatic heterocycles. The number of ether oxygens (including phenoxy) is 1. The van der Waals surface area contributed by atoms with Crippen molar-refractivity contribution in [2.45, 2.75) is 71.8 Å². The van der Waals surface area contributed by atoms with Crippen LogP contribution >= 0.6 is 0 Å². The molecule has 0 atom stereocenters. The lowest BCUT2D eigenvalue weighted by Crippen LogP contribution is -2.36. The summed E-state index contributed by atoms with van der Waals surface area (Å²) in [6.45, 7) is 12.3. The van der Waals surface area contributed by atoms with E-state index in [1.165, 1.54) is 0 Å². The number of allylic oxidation sites excluding steroid dienone is 1. The standard InChI is InChI=1S/C20H30O3/c1-6-9-20(10-7-2,11-8-3)23-18-13-16(15(4)5)12-17(14-18)19(21)22/h12-14H,4,6-11H2,1-3,5H3,(H,21,22). The van der Waals surface area contributed by atoms with E-state index in [0.717, 1.165) is 49.7 Å². The average molecular weight is 318 g/mol. The summed E-state index contributed by atoms with van der Waals surface area (Å²) in [4.78, 5) is 11.4. The molecule has 1 N–H and O–H groups in total. The van der Waals surface area contributed by atoms with Crippen LogP contribution in [-0.2, 0) is 0 Å². The summed E-state index contributed by atoms with van der Waals surface area (Å²) in [5.41, 5.74) is 1.70. The molecule has 0 spiro atoms. The van der Waals surface area contributed by atoms with Gasteiger partial charge in [-0.3, -0.25) is 0 Å². The van der Waals surface area contributed by atoms with Gasteiger partial charge in [-0.05, 0) is 49.9 Å². The van der Waals surface area contributed by atoms with Gasteiger partial charge in [-0.1, -0.05) is 52.2 Å². The van der Waals surface area contributed by atoms with Crippen LogP contribution in [0.2, 0.25) is 0 Å². The van der Waals surface area contributed by atoms with E-state index in [2.05, 4.69) is 27.4 Å². The monoisotopic (exact) mass is 318 g/mol. The number of aromatic carboxylic acids is 1. The first kappa shape index (κ1) is 19.3. The van der Waals surface area contributed by atoms with Gasteiger partial charge >= 0.3 is 5.97 Å². The predicted octanol–water partition coefficient (Wildman–Crippen LogP) is 5.94. The topological polar surface area (TPSA) is 46.5 Å². The van der Waals surface area contributed by atoms with Gasteiger partial charge in [-0.15, -0.1) is 0 Å². The summed E-state index contributed by atoms with van der Waals surface area (Å²) >= 11 is 0. The minimum atomic E-state index is -0.940. The van der Waals surface area contributed by atoms with Gasteiger partial charge < -0.3 is 9.84 Å². The second kappa shape index (κ2) is 8.76. The van der Waals surface area contributed by atoms with Gasteiger partial charge in [0.25, 0.3) is 0 Å². The van der Waals surface area contributed by atoms with Crippen LogP contribution in [0.25, 0.3) is 5.57 Å². The van der Waals surface area contributed by atoms with E-state index in [0.29, 0.717) is 5.75 Å². The Hall–Kier alpha value is -1.77. The van der Waals surface area contributed by atoms with Gasteiger partial charge in [0.15, 0.2) is 0 Å². The molecule has 0 fully saturated rings. The highest BCUT2D eigenvalue weighted by Gasteiger charge is 2.30. The van der Waals surface area contributed by atoms with Crippen molar-refractivity contribution in [3.63, 3.8) is 0 Å². The second-order valence-corrected chi connectivity index (χ2v) is 6.37. The van der Waals surface area contributed by atoms with Crippen LogP contribution in [0, 0.1) is 0 Å². The molecule has 1 rings (SSSR count). The van der Waals surface area contributed by atoms with Crippen molar-refractivity contribution in [1.29, 1.82) is 0 Å². The smallest absolute Gasteiger partial charge is 0.335 e. The Bertz CT molecular complexity index is 497. The van der Waals surface area contributed by atoms with Crippen molar-refractivity contribution in [2.75, 3.05) is 0 Å². The van der Waals surface area contributed by atoms with Gasteiger partial charge in [-0.25, -0.2) is 4.79 Å². The Morgan fingerprint density at radius 2 is 1.52 bits per heavy atom. The molecule has 0 unspecified atom stereocenters. The fourth-order valence-electron chi connectivity index (χ4n) is 3.17. The summed E-state index contributed by atoms with van der Waals surface area (Å²) in [7, 11) is 0. The zero-order valence-electron chi connectivity index (χ0n) is 14.9. The molecule has 1 aromatic carbocycles. The van der Waals surface area contributed by atoms with Crippen molar-refractivity contribution in [1.82, 2.24) is 0 Å². The van der Waals surface area contributed by atoms with E-state index in [-0.39, 0.29) is 11.2 Å². The maximum atomic E-state index is 11.4. The number of carboxylic acids is 1. The third kappa shape index (κ3) is 5.42. The summed E-state index contributed by atoms with van der Waals surface area (Å²) in [6.07, 6.45) is 6.08. The number of carboxylic acid groups (broad SMARTS) is 1. The van der Waals surface area contributed by atoms with E-state index in [1.54, 1.807) is 12.1 Å². The number of hydrogen-bond acceptors (Lipinski definition) is 2. The van der Waals surface area contributed by atoms with E-state index in [9.17, 15) is 9.90 Å². The van der Waals surface area contributed by atoms with Gasteiger partial charge in [0.1, 0.15) is 11.4 Å². The third-order valence-corrected chi connectivity index (χ3v) is 4.10. The van der Waals surface area contributed by atoms with E-state index >= 15 is 0 Å². The second-order valence-electron chi connectivity index (χ2n) is 6.37. The van der Waals surface area contributed by atoms with Crippen LogP contribution in [0.1, 0.15) is 82.1 Å². The fraction of sp³-hybridized carbons (Fsp3) is 0.550. The lowest BCUT2D eigenvalue weighted by atomic mass is 9.87. The molecule has 0 radical (unpaired) electrons. The molecule has 3 heteroatoms. The van der Waals surface area contributed by atoms with Gasteiger partial charge in [0.2, 0.25) is 0 Å². The average Bonchev–Trinajstić information content (AvgIpc) is 2.47. The molecule has 0 aromatic heterocycles. The molecule has 0 aliphatic rings. The third-order valence-electron chi connectivity index (χ3n) is 4.10. The van der Waals surface area contributed by atoms with Crippen molar-refractivity contribution in [3.05, 3.63) is 35.9 Å². The van der Waals surface area contributed by atoms with Crippen LogP contribution < -0.4 is 4.74 Å². The van der Waals surface area contributed by atoms with Crippen molar-refractivity contribution >= 4 is 11.5 Å². The molecular formula is C20H30O3. The molecule has 3 nitrogen and oxygen atoms in total. The van der Waals surface area contributed by atoms with E-state index in [4.69, 9.17) is 4.74 Å². The van der Waals surface area contributed by atoms with Gasteiger partial charge in [0, 0.05) is 0 Å². The van der Waals surface area contributed by atoms with Crippen LogP contribution in [0.3, 0.4) is 0 Å². The largest absolute Gasteiger partial charge is 0.487 e. The molecule has 0 bridgehead atoms. The van der Waals surface area contributed by atoms with Crippen LogP contribution in [-0.4, -0.2) is 16.7 Å². The maximum Gasteiger partial charge on any atom is 0.335 e. The van der Waals surface area contributed by atoms with E-state index in [1.807, 2.05) is 13.0 Å². The molecule has 0 aliphatic carbocycles. The number of rotatable bonds is 10. The molecule has 0 heterocycles. The first-order valence-electron chi connectivity index (χ1n) is 8.60. The summed E-state index contributed by atoms with van der Waals surface area (Å²) in [5.74, 6) is -0.303. The first-order chi connectivity index (χ1) is 10.9. The molecule has 23 heavy (non-hydrogen) atoms. The fourth-order valence-corrected chi connectivity index (χ4v) is 3.17. The zero-order chi connectivity index (χ0) is 17.5. The summed E-state index contributed by atoms with van der Waals surface area (Å²) in [5, 5.41) is 9.34. The van der Waals surface area contributed by atoms with E-state index < -0.39 is 5.97 Å². The lowest BCUT2D eigenvalue weighted by molar-refractivity contribution is 0.0386. The van der Waals surface area contributed by atoms with Crippen LogP contribution in [0.4, 0.5) is 0 Å². The summed E-state index contributed by atoms with van der Waals surface area (Å²) < 4.78 is 6.40. The Morgan fingerprint density at radius 1 is 1.04 bits per heavy atom. The molecule has 128 valence electrons. The normalized spacial score (nSPS) is 11.3. The molecule has 1 aromatic rings. The van der Waals surface area contributed by atoms with Crippen molar-refractivity contribution in [2.24, 2.45) is 0 Å². The highest BCUT2D eigenvalue weighted by atomic mass is 16.5. The highest BCUT2D eigenvalue weighted by Crippen LogP contribution is 2.33. The SMILES string of the molecule is C=C(C)c1cc(OC(CCC)(CCC)CCC)cc(C(=O)O)c1. The maximum absolute atomic E-state index is 11.4. The quantitative estimate of drug-likeness (QED) is 0.581. The number of carbonyl (C=O) groups is 1. The molecular weight excluding hydrogens is 288 g/mol. The zero-order valence-corrected chi connectivity index (χ0v) is 14.9. The predicted molar refractivity (Wildman–Crippen MR) is 96.2 cm³/mol. The molecule has 0 amide bonds. The number of hydrogen-bond donors (Lipinski definition) is 1. The first-order valence-corrected chi connectivity index (χ1v) is 8.60. The highest BCUT2D eigenvalue weighted by molar-refractivity contribution is 5.89. The van der Waals surface area contributed by atoms with Crippen molar-refractivity contribution in [3.8, 4) is 5.75 Å². The van der Waals surface area contributed by atoms with Crippen molar-refractivity contribution < 1.29 is 14.6 Å². The Labute approximate surface area is 140 Å². The van der Waals surface area contributed by atoms with Crippen LogP contribution in [0.15, 0.2) is 24.8 Å². The minimum absolute atomic E-state index is 0.207. The molecule has 0 saturated carbocycles. The Kier molecular flexibility index (Phi) is 7.34. The van der Waals surface area contributed by atoms with Crippen LogP contribution in [0.5, 0.6) is 5.75 Å². The Balaban J connectivity index is 3.25. The van der Waals surface area contributed by atoms with Gasteiger partial charge in [-0.2, -0.15) is 0 Å². The minimum Gasteiger partial charge on any atom is -0.487 e. The Morgan fingerprint density at radius 3 is 1.91 bits per heavy atom. The lowest BCUT2D eigenvalue weighted by Gasteiger charge is -2.34.